The van der Waals surface area contributed by atoms with Crippen molar-refractivity contribution in [3.63, 3.8) is 0 Å². The van der Waals surface area contributed by atoms with Gasteiger partial charge in [-0.15, -0.1) is 0 Å². The lowest BCUT2D eigenvalue weighted by Gasteiger charge is -2.30. The molecule has 0 spiro atoms. The van der Waals surface area contributed by atoms with Crippen molar-refractivity contribution in [2.75, 3.05) is 6.54 Å². The fourth-order valence-electron chi connectivity index (χ4n) is 2.32. The minimum atomic E-state index is -1.13. The summed E-state index contributed by atoms with van der Waals surface area (Å²) >= 11 is 0. The molecule has 124 valence electrons. The van der Waals surface area contributed by atoms with Gasteiger partial charge in [-0.2, -0.15) is 5.26 Å². The Balaban J connectivity index is 2.66. The second-order valence-electron chi connectivity index (χ2n) is 5.96. The number of benzene rings is 1. The van der Waals surface area contributed by atoms with Gasteiger partial charge in [-0.25, -0.2) is 4.79 Å². The van der Waals surface area contributed by atoms with Crippen molar-refractivity contribution in [1.82, 2.24) is 10.6 Å². The van der Waals surface area contributed by atoms with Gasteiger partial charge in [-0.05, 0) is 24.8 Å². The maximum absolute atomic E-state index is 12.2. The highest BCUT2D eigenvalue weighted by molar-refractivity contribution is 5.89. The number of ether oxygens (including phenoxy) is 1. The molecule has 2 amide bonds. The van der Waals surface area contributed by atoms with Gasteiger partial charge in [-0.3, -0.25) is 4.79 Å². The molecule has 1 aromatic carbocycles. The van der Waals surface area contributed by atoms with Crippen LogP contribution in [0.5, 0.6) is 0 Å². The largest absolute Gasteiger partial charge is 0.445 e. The lowest BCUT2D eigenvalue weighted by molar-refractivity contribution is -0.127. The van der Waals surface area contributed by atoms with E-state index in [4.69, 9.17) is 10.00 Å². The number of rotatable bonds is 7. The molecule has 23 heavy (non-hydrogen) atoms. The summed E-state index contributed by atoms with van der Waals surface area (Å²) < 4.78 is 5.16. The smallest absolute Gasteiger partial charge is 0.408 e. The van der Waals surface area contributed by atoms with Gasteiger partial charge < -0.3 is 15.4 Å². The second kappa shape index (κ2) is 8.79. The maximum atomic E-state index is 12.2. The van der Waals surface area contributed by atoms with Crippen LogP contribution in [0.25, 0.3) is 0 Å². The number of nitrogens with zero attached hydrogens (tertiary/aromatic N) is 1. The van der Waals surface area contributed by atoms with E-state index in [-0.39, 0.29) is 19.1 Å². The molecule has 0 radical (unpaired) electrons. The lowest BCUT2D eigenvalue weighted by atomic mass is 9.90. The monoisotopic (exact) mass is 317 g/mol. The van der Waals surface area contributed by atoms with E-state index < -0.39 is 17.5 Å². The molecule has 0 saturated heterocycles. The molecule has 1 rings (SSSR count). The van der Waals surface area contributed by atoms with Crippen LogP contribution in [-0.2, 0) is 16.1 Å². The number of nitriles is 1. The first kappa shape index (κ1) is 18.5. The Hall–Kier alpha value is -2.55. The van der Waals surface area contributed by atoms with Gasteiger partial charge in [0, 0.05) is 0 Å². The lowest BCUT2D eigenvalue weighted by Crippen LogP contribution is -2.57. The van der Waals surface area contributed by atoms with Crippen molar-refractivity contribution in [1.29, 1.82) is 5.26 Å². The van der Waals surface area contributed by atoms with Crippen LogP contribution in [0.2, 0.25) is 0 Å². The van der Waals surface area contributed by atoms with Gasteiger partial charge in [0.05, 0.1) is 6.07 Å². The predicted octanol–water partition coefficient (Wildman–Crippen LogP) is 2.36. The quantitative estimate of drug-likeness (QED) is 0.755. The Morgan fingerprint density at radius 1 is 1.30 bits per heavy atom. The number of alkyl carbamates (subject to hydrolysis) is 1. The minimum Gasteiger partial charge on any atom is -0.445 e. The molecule has 0 heterocycles. The Labute approximate surface area is 136 Å². The van der Waals surface area contributed by atoms with Crippen molar-refractivity contribution in [3.8, 4) is 6.07 Å². The summed E-state index contributed by atoms with van der Waals surface area (Å²) in [6, 6.07) is 11.1. The van der Waals surface area contributed by atoms with E-state index in [1.807, 2.05) is 50.2 Å². The molecular formula is C17H23N3O3. The van der Waals surface area contributed by atoms with Gasteiger partial charge in [0.15, 0.2) is 0 Å². The van der Waals surface area contributed by atoms with Crippen molar-refractivity contribution < 1.29 is 14.3 Å². The maximum Gasteiger partial charge on any atom is 0.408 e. The van der Waals surface area contributed by atoms with Gasteiger partial charge in [0.2, 0.25) is 5.91 Å². The number of hydrogen-bond donors (Lipinski definition) is 2. The highest BCUT2D eigenvalue weighted by Gasteiger charge is 2.36. The number of hydrogen-bond acceptors (Lipinski definition) is 4. The van der Waals surface area contributed by atoms with E-state index in [9.17, 15) is 9.59 Å². The van der Waals surface area contributed by atoms with Crippen LogP contribution in [-0.4, -0.2) is 24.1 Å². The van der Waals surface area contributed by atoms with Gasteiger partial charge in [0.25, 0.3) is 0 Å². The average molecular weight is 317 g/mol. The van der Waals surface area contributed by atoms with E-state index in [2.05, 4.69) is 10.6 Å². The third-order valence-electron chi connectivity index (χ3n) is 3.24. The average Bonchev–Trinajstić information content (AvgIpc) is 2.50. The van der Waals surface area contributed by atoms with E-state index in [1.54, 1.807) is 6.92 Å². The van der Waals surface area contributed by atoms with E-state index in [1.165, 1.54) is 0 Å². The Morgan fingerprint density at radius 2 is 1.96 bits per heavy atom. The number of amides is 2. The van der Waals surface area contributed by atoms with Crippen molar-refractivity contribution in [2.45, 2.75) is 39.3 Å². The van der Waals surface area contributed by atoms with Crippen molar-refractivity contribution in [2.24, 2.45) is 5.92 Å². The molecule has 1 aromatic rings. The molecule has 0 aliphatic heterocycles. The Bertz CT molecular complexity index is 566. The molecule has 0 bridgehead atoms. The molecule has 6 heteroatoms. The molecule has 0 aliphatic carbocycles. The van der Waals surface area contributed by atoms with Gasteiger partial charge in [0.1, 0.15) is 18.7 Å². The van der Waals surface area contributed by atoms with Crippen molar-refractivity contribution in [3.05, 3.63) is 35.9 Å². The molecule has 1 atom stereocenters. The molecule has 0 aromatic heterocycles. The van der Waals surface area contributed by atoms with Crippen molar-refractivity contribution >= 4 is 12.0 Å². The second-order valence-corrected chi connectivity index (χ2v) is 5.96. The van der Waals surface area contributed by atoms with E-state index in [0.717, 1.165) is 5.56 Å². The van der Waals surface area contributed by atoms with E-state index in [0.29, 0.717) is 6.42 Å². The first-order valence-electron chi connectivity index (χ1n) is 7.51. The molecule has 6 nitrogen and oxygen atoms in total. The number of carbonyl (C=O) groups is 2. The first-order valence-corrected chi connectivity index (χ1v) is 7.51. The summed E-state index contributed by atoms with van der Waals surface area (Å²) in [7, 11) is 0. The fourth-order valence-corrected chi connectivity index (χ4v) is 2.32. The highest BCUT2D eigenvalue weighted by atomic mass is 16.5. The standard InChI is InChI=1S/C17H23N3O3/c1-13(2)11-17(3,15(21)19-10-9-18)20-16(22)23-12-14-7-5-4-6-8-14/h4-8,13H,10-12H2,1-3H3,(H,19,21)(H,20,22). The molecule has 0 saturated carbocycles. The molecule has 0 aliphatic rings. The van der Waals surface area contributed by atoms with Crippen LogP contribution in [0.1, 0.15) is 32.8 Å². The third-order valence-corrected chi connectivity index (χ3v) is 3.24. The van der Waals surface area contributed by atoms with Crippen LogP contribution in [0.15, 0.2) is 30.3 Å². The summed E-state index contributed by atoms with van der Waals surface area (Å²) in [4.78, 5) is 24.2. The Kier molecular flexibility index (Phi) is 7.07. The normalized spacial score (nSPS) is 12.8. The SMILES string of the molecule is CC(C)CC(C)(NC(=O)OCc1ccccc1)C(=O)NCC#N. The van der Waals surface area contributed by atoms with Crippen LogP contribution in [0, 0.1) is 17.2 Å². The highest BCUT2D eigenvalue weighted by Crippen LogP contribution is 2.17. The number of carbonyl (C=O) groups excluding carboxylic acids is 2. The fraction of sp³-hybridized carbons (Fsp3) is 0.471. The zero-order valence-corrected chi connectivity index (χ0v) is 13.8. The van der Waals surface area contributed by atoms with Gasteiger partial charge >= 0.3 is 6.09 Å². The molecule has 0 fully saturated rings. The molecule has 1 unspecified atom stereocenters. The minimum absolute atomic E-state index is 0.104. The predicted molar refractivity (Wildman–Crippen MR) is 86.2 cm³/mol. The summed E-state index contributed by atoms with van der Waals surface area (Å²) in [6.07, 6.45) is -0.228. The number of nitrogens with one attached hydrogen (secondary N) is 2. The summed E-state index contributed by atoms with van der Waals surface area (Å²) in [5, 5.41) is 13.7. The Morgan fingerprint density at radius 3 is 2.52 bits per heavy atom. The zero-order valence-electron chi connectivity index (χ0n) is 13.8. The zero-order chi connectivity index (χ0) is 17.3. The van der Waals surface area contributed by atoms with Crippen LogP contribution in [0.3, 0.4) is 0 Å². The van der Waals surface area contributed by atoms with Gasteiger partial charge in [-0.1, -0.05) is 44.2 Å². The summed E-state index contributed by atoms with van der Waals surface area (Å²) in [5.74, 6) is -0.216. The van der Waals surface area contributed by atoms with Crippen LogP contribution >= 0.6 is 0 Å². The topological polar surface area (TPSA) is 91.2 Å². The summed E-state index contributed by atoms with van der Waals surface area (Å²) in [6.45, 7) is 5.56. The first-order chi connectivity index (χ1) is 10.9. The molecule has 2 N–H and O–H groups in total. The summed E-state index contributed by atoms with van der Waals surface area (Å²) in [5.41, 5.74) is -0.263. The van der Waals surface area contributed by atoms with Crippen LogP contribution < -0.4 is 10.6 Å². The van der Waals surface area contributed by atoms with Crippen LogP contribution in [0.4, 0.5) is 4.79 Å². The third kappa shape index (κ3) is 6.39. The molecular weight excluding hydrogens is 294 g/mol. The van der Waals surface area contributed by atoms with E-state index >= 15 is 0 Å².